The average molecular weight is 471 g/mol. The summed E-state index contributed by atoms with van der Waals surface area (Å²) < 4.78 is 47.1. The van der Waals surface area contributed by atoms with Crippen molar-refractivity contribution in [2.75, 3.05) is 17.5 Å². The van der Waals surface area contributed by atoms with Crippen molar-refractivity contribution >= 4 is 21.6 Å². The number of anilines is 1. The van der Waals surface area contributed by atoms with Gasteiger partial charge in [0, 0.05) is 0 Å². The Labute approximate surface area is 194 Å². The van der Waals surface area contributed by atoms with Crippen molar-refractivity contribution in [3.63, 3.8) is 0 Å². The Kier molecular flexibility index (Phi) is 7.71. The SMILES string of the molecule is CCOc1ccccc1N(CC(=O)N[C@@H](C)c1ccc(F)cc1)S(=O)(=O)c1ccc(C)cc1. The fourth-order valence-corrected chi connectivity index (χ4v) is 4.76. The Balaban J connectivity index is 1.94. The molecule has 0 saturated heterocycles. The molecule has 0 fully saturated rings. The normalized spacial score (nSPS) is 12.1. The molecule has 0 spiro atoms. The second-order valence-corrected chi connectivity index (χ2v) is 9.43. The summed E-state index contributed by atoms with van der Waals surface area (Å²) in [5, 5.41) is 2.79. The largest absolute Gasteiger partial charge is 0.492 e. The number of sulfonamides is 1. The van der Waals surface area contributed by atoms with Crippen LogP contribution in [0.2, 0.25) is 0 Å². The van der Waals surface area contributed by atoms with Crippen molar-refractivity contribution in [2.45, 2.75) is 31.7 Å². The van der Waals surface area contributed by atoms with Crippen molar-refractivity contribution in [2.24, 2.45) is 0 Å². The van der Waals surface area contributed by atoms with E-state index in [0.29, 0.717) is 17.9 Å². The zero-order valence-electron chi connectivity index (χ0n) is 18.8. The molecule has 6 nitrogen and oxygen atoms in total. The van der Waals surface area contributed by atoms with E-state index in [1.54, 1.807) is 62.4 Å². The van der Waals surface area contributed by atoms with Crippen LogP contribution in [0, 0.1) is 12.7 Å². The van der Waals surface area contributed by atoms with E-state index >= 15 is 0 Å². The van der Waals surface area contributed by atoms with Crippen molar-refractivity contribution in [1.82, 2.24) is 5.32 Å². The van der Waals surface area contributed by atoms with E-state index < -0.39 is 28.5 Å². The van der Waals surface area contributed by atoms with E-state index in [0.717, 1.165) is 9.87 Å². The Hall–Kier alpha value is -3.39. The number of aryl methyl sites for hydroxylation is 1. The maximum absolute atomic E-state index is 13.6. The monoisotopic (exact) mass is 470 g/mol. The van der Waals surface area contributed by atoms with Crippen LogP contribution < -0.4 is 14.4 Å². The molecule has 3 rings (SSSR count). The molecule has 174 valence electrons. The third-order valence-electron chi connectivity index (χ3n) is 5.08. The van der Waals surface area contributed by atoms with Crippen LogP contribution in [0.15, 0.2) is 77.7 Å². The van der Waals surface area contributed by atoms with Crippen LogP contribution >= 0.6 is 0 Å². The summed E-state index contributed by atoms with van der Waals surface area (Å²) in [5.41, 5.74) is 1.89. The van der Waals surface area contributed by atoms with E-state index in [9.17, 15) is 17.6 Å². The first-order valence-corrected chi connectivity index (χ1v) is 12.0. The summed E-state index contributed by atoms with van der Waals surface area (Å²) in [6, 6.07) is 18.5. The predicted molar refractivity (Wildman–Crippen MR) is 126 cm³/mol. The van der Waals surface area contributed by atoms with Crippen LogP contribution in [-0.2, 0) is 14.8 Å². The van der Waals surface area contributed by atoms with Crippen LogP contribution in [0.3, 0.4) is 0 Å². The van der Waals surface area contributed by atoms with Crippen LogP contribution in [0.1, 0.15) is 31.0 Å². The number of carbonyl (C=O) groups is 1. The molecule has 0 aliphatic carbocycles. The quantitative estimate of drug-likeness (QED) is 0.496. The Morgan fingerprint density at radius 3 is 2.30 bits per heavy atom. The topological polar surface area (TPSA) is 75.7 Å². The highest BCUT2D eigenvalue weighted by molar-refractivity contribution is 7.92. The van der Waals surface area contributed by atoms with Gasteiger partial charge in [0.25, 0.3) is 10.0 Å². The number of nitrogens with zero attached hydrogens (tertiary/aromatic N) is 1. The number of benzene rings is 3. The molecule has 0 heterocycles. The Morgan fingerprint density at radius 1 is 1.03 bits per heavy atom. The molecule has 1 atom stereocenters. The molecule has 33 heavy (non-hydrogen) atoms. The number of para-hydroxylation sites is 2. The molecule has 1 amide bonds. The van der Waals surface area contributed by atoms with Crippen LogP contribution in [0.25, 0.3) is 0 Å². The molecule has 0 radical (unpaired) electrons. The summed E-state index contributed by atoms with van der Waals surface area (Å²) in [4.78, 5) is 13.0. The molecule has 8 heteroatoms. The molecule has 3 aromatic rings. The number of rotatable bonds is 9. The third-order valence-corrected chi connectivity index (χ3v) is 6.85. The van der Waals surface area contributed by atoms with Gasteiger partial charge in [-0.2, -0.15) is 0 Å². The number of hydrogen-bond acceptors (Lipinski definition) is 4. The number of hydrogen-bond donors (Lipinski definition) is 1. The van der Waals surface area contributed by atoms with E-state index in [1.165, 1.54) is 24.3 Å². The van der Waals surface area contributed by atoms with E-state index in [-0.39, 0.29) is 16.4 Å². The highest BCUT2D eigenvalue weighted by Crippen LogP contribution is 2.32. The molecule has 0 aromatic heterocycles. The Morgan fingerprint density at radius 2 is 1.67 bits per heavy atom. The second kappa shape index (κ2) is 10.5. The fourth-order valence-electron chi connectivity index (χ4n) is 3.33. The lowest BCUT2D eigenvalue weighted by Gasteiger charge is -2.26. The lowest BCUT2D eigenvalue weighted by Crippen LogP contribution is -2.41. The minimum absolute atomic E-state index is 0.0683. The molecule has 1 N–H and O–H groups in total. The predicted octanol–water partition coefficient (Wildman–Crippen LogP) is 4.61. The Bertz CT molecular complexity index is 1200. The molecule has 0 aliphatic rings. The average Bonchev–Trinajstić information content (AvgIpc) is 2.79. The van der Waals surface area contributed by atoms with Gasteiger partial charge >= 0.3 is 0 Å². The van der Waals surface area contributed by atoms with Crippen LogP contribution in [0.4, 0.5) is 10.1 Å². The van der Waals surface area contributed by atoms with Crippen molar-refractivity contribution in [3.8, 4) is 5.75 Å². The van der Waals surface area contributed by atoms with E-state index in [1.807, 2.05) is 6.92 Å². The van der Waals surface area contributed by atoms with Gasteiger partial charge in [-0.1, -0.05) is 42.0 Å². The molecule has 0 aliphatic heterocycles. The smallest absolute Gasteiger partial charge is 0.264 e. The highest BCUT2D eigenvalue weighted by Gasteiger charge is 2.29. The summed E-state index contributed by atoms with van der Waals surface area (Å²) >= 11 is 0. The maximum Gasteiger partial charge on any atom is 0.264 e. The van der Waals surface area contributed by atoms with E-state index in [4.69, 9.17) is 4.74 Å². The number of carbonyl (C=O) groups excluding carboxylic acids is 1. The number of halogens is 1. The van der Waals surface area contributed by atoms with Crippen LogP contribution in [-0.4, -0.2) is 27.5 Å². The van der Waals surface area contributed by atoms with Gasteiger partial charge in [0.1, 0.15) is 18.1 Å². The molecule has 0 bridgehead atoms. The minimum Gasteiger partial charge on any atom is -0.492 e. The van der Waals surface area contributed by atoms with Gasteiger partial charge in [0.15, 0.2) is 0 Å². The third kappa shape index (κ3) is 5.90. The first-order chi connectivity index (χ1) is 15.7. The van der Waals surface area contributed by atoms with Gasteiger partial charge in [0.05, 0.1) is 23.2 Å². The first kappa shape index (κ1) is 24.3. The maximum atomic E-state index is 13.6. The van der Waals surface area contributed by atoms with Gasteiger partial charge < -0.3 is 10.1 Å². The molecular formula is C25H27FN2O4S. The summed E-state index contributed by atoms with van der Waals surface area (Å²) in [6.45, 7) is 5.29. The number of ether oxygens (including phenoxy) is 1. The van der Waals surface area contributed by atoms with Gasteiger partial charge in [-0.3, -0.25) is 9.10 Å². The summed E-state index contributed by atoms with van der Waals surface area (Å²) in [6.07, 6.45) is 0. The number of nitrogens with one attached hydrogen (secondary N) is 1. The van der Waals surface area contributed by atoms with E-state index in [2.05, 4.69) is 5.32 Å². The summed E-state index contributed by atoms with van der Waals surface area (Å²) in [5.74, 6) is -0.524. The van der Waals surface area contributed by atoms with Crippen molar-refractivity contribution in [3.05, 3.63) is 89.7 Å². The van der Waals surface area contributed by atoms with Crippen molar-refractivity contribution in [1.29, 1.82) is 0 Å². The first-order valence-electron chi connectivity index (χ1n) is 10.6. The van der Waals surface area contributed by atoms with Gasteiger partial charge in [-0.05, 0) is 62.7 Å². The van der Waals surface area contributed by atoms with Gasteiger partial charge in [-0.15, -0.1) is 0 Å². The fraction of sp³-hybridized carbons (Fsp3) is 0.240. The highest BCUT2D eigenvalue weighted by atomic mass is 32.2. The lowest BCUT2D eigenvalue weighted by molar-refractivity contribution is -0.120. The summed E-state index contributed by atoms with van der Waals surface area (Å²) in [7, 11) is -4.07. The molecular weight excluding hydrogens is 443 g/mol. The molecule has 0 unspecified atom stereocenters. The van der Waals surface area contributed by atoms with Gasteiger partial charge in [-0.25, -0.2) is 12.8 Å². The second-order valence-electron chi connectivity index (χ2n) is 7.57. The van der Waals surface area contributed by atoms with Gasteiger partial charge in [0.2, 0.25) is 5.91 Å². The van der Waals surface area contributed by atoms with Crippen molar-refractivity contribution < 1.29 is 22.3 Å². The molecule has 0 saturated carbocycles. The standard InChI is InChI=1S/C25H27FN2O4S/c1-4-32-24-8-6-5-7-23(24)28(33(30,31)22-15-9-18(2)10-16-22)17-25(29)27-19(3)20-11-13-21(26)14-12-20/h5-16,19H,4,17H2,1-3H3,(H,27,29)/t19-/m0/s1. The zero-order chi connectivity index (χ0) is 24.0. The van der Waals surface area contributed by atoms with Crippen LogP contribution in [0.5, 0.6) is 5.75 Å². The number of amides is 1. The molecule has 3 aromatic carbocycles. The lowest BCUT2D eigenvalue weighted by atomic mass is 10.1. The minimum atomic E-state index is -4.07. The zero-order valence-corrected chi connectivity index (χ0v) is 19.6.